The van der Waals surface area contributed by atoms with Crippen molar-refractivity contribution in [2.24, 2.45) is 0 Å². The van der Waals surface area contributed by atoms with Crippen LogP contribution in [0, 0.1) is 23.3 Å². The van der Waals surface area contributed by atoms with Crippen molar-refractivity contribution in [2.75, 3.05) is 0 Å². The second-order valence-corrected chi connectivity index (χ2v) is 1.89. The summed E-state index contributed by atoms with van der Waals surface area (Å²) in [6, 6.07) is 0.00713. The predicted molar refractivity (Wildman–Crippen MR) is 29.5 cm³/mol. The van der Waals surface area contributed by atoms with Gasteiger partial charge in [0.1, 0.15) is 0 Å². The summed E-state index contributed by atoms with van der Waals surface area (Å²) in [5.41, 5.74) is 0. The summed E-state index contributed by atoms with van der Waals surface area (Å²) in [6.07, 6.45) is 0. The summed E-state index contributed by atoms with van der Waals surface area (Å²) in [5, 5.41) is 7.83. The maximum absolute atomic E-state index is 12.4. The van der Waals surface area contributed by atoms with Gasteiger partial charge in [0.25, 0.3) is 0 Å². The van der Waals surface area contributed by atoms with E-state index in [1.54, 1.807) is 0 Å². The highest BCUT2D eigenvalue weighted by molar-refractivity contribution is 5.27. The van der Waals surface area contributed by atoms with Gasteiger partial charge in [0.05, 0.1) is 0 Å². The minimum Gasteiger partial charge on any atom is -0.334 e. The van der Waals surface area contributed by atoms with Crippen LogP contribution >= 0.6 is 0 Å². The zero-order chi connectivity index (χ0) is 9.30. The third kappa shape index (κ3) is 1.20. The van der Waals surface area contributed by atoms with Gasteiger partial charge in [0.15, 0.2) is 11.6 Å². The molecule has 0 aliphatic heterocycles. The fourth-order valence-corrected chi connectivity index (χ4v) is 0.631. The lowest BCUT2D eigenvalue weighted by molar-refractivity contribution is -0.144. The van der Waals surface area contributed by atoms with Gasteiger partial charge in [-0.05, 0) is 0 Å². The Morgan fingerprint density at radius 3 is 1.75 bits per heavy atom. The van der Waals surface area contributed by atoms with E-state index in [2.05, 4.69) is 4.89 Å². The zero-order valence-electron chi connectivity index (χ0n) is 5.44. The van der Waals surface area contributed by atoms with Crippen molar-refractivity contribution in [3.63, 3.8) is 0 Å². The van der Waals surface area contributed by atoms with Crippen LogP contribution in [0.15, 0.2) is 6.07 Å². The molecule has 0 saturated carbocycles. The average Bonchev–Trinajstić information content (AvgIpc) is 2.02. The third-order valence-electron chi connectivity index (χ3n) is 1.16. The number of rotatable bonds is 1. The second-order valence-electron chi connectivity index (χ2n) is 1.89. The van der Waals surface area contributed by atoms with Crippen LogP contribution in [-0.2, 0) is 0 Å². The smallest absolute Gasteiger partial charge is 0.242 e. The van der Waals surface area contributed by atoms with Crippen LogP contribution in [-0.4, -0.2) is 5.26 Å². The summed E-state index contributed by atoms with van der Waals surface area (Å²) < 4.78 is 49.2. The maximum atomic E-state index is 12.4. The van der Waals surface area contributed by atoms with Crippen molar-refractivity contribution in [3.05, 3.63) is 29.3 Å². The van der Waals surface area contributed by atoms with Gasteiger partial charge < -0.3 is 4.89 Å². The number of hydrogen-bond acceptors (Lipinski definition) is 2. The first-order chi connectivity index (χ1) is 5.57. The van der Waals surface area contributed by atoms with Crippen LogP contribution in [0.2, 0.25) is 0 Å². The fourth-order valence-electron chi connectivity index (χ4n) is 0.631. The van der Waals surface area contributed by atoms with Crippen LogP contribution in [0.3, 0.4) is 0 Å². The first kappa shape index (κ1) is 8.79. The minimum atomic E-state index is -1.78. The molecule has 0 radical (unpaired) electrons. The van der Waals surface area contributed by atoms with Crippen LogP contribution < -0.4 is 4.89 Å². The van der Waals surface area contributed by atoms with E-state index in [0.29, 0.717) is 0 Å². The number of hydrogen-bond donors (Lipinski definition) is 1. The molecule has 1 aromatic rings. The Morgan fingerprint density at radius 1 is 1.00 bits per heavy atom. The van der Waals surface area contributed by atoms with Crippen molar-refractivity contribution in [1.82, 2.24) is 0 Å². The van der Waals surface area contributed by atoms with E-state index in [9.17, 15) is 17.6 Å². The molecule has 0 bridgehead atoms. The van der Waals surface area contributed by atoms with Crippen LogP contribution in [0.1, 0.15) is 0 Å². The van der Waals surface area contributed by atoms with Gasteiger partial charge in [0, 0.05) is 6.07 Å². The Hall–Kier alpha value is -1.30. The van der Waals surface area contributed by atoms with E-state index in [4.69, 9.17) is 5.26 Å². The van der Waals surface area contributed by atoms with Gasteiger partial charge in [-0.1, -0.05) is 0 Å². The first-order valence-electron chi connectivity index (χ1n) is 2.72. The number of benzene rings is 1. The SMILES string of the molecule is OOc1c(F)c(F)cc(F)c1F. The first-order valence-corrected chi connectivity index (χ1v) is 2.72. The highest BCUT2D eigenvalue weighted by atomic mass is 19.2. The molecule has 12 heavy (non-hydrogen) atoms. The lowest BCUT2D eigenvalue weighted by Gasteiger charge is -2.01. The summed E-state index contributed by atoms with van der Waals surface area (Å²) in [4.78, 5) is 3.11. The predicted octanol–water partition coefficient (Wildman–Crippen LogP) is 2.09. The van der Waals surface area contributed by atoms with Gasteiger partial charge in [-0.2, -0.15) is 8.78 Å². The average molecular weight is 182 g/mol. The van der Waals surface area contributed by atoms with Crippen LogP contribution in [0.25, 0.3) is 0 Å². The Kier molecular flexibility index (Phi) is 2.18. The Morgan fingerprint density at radius 2 is 1.42 bits per heavy atom. The summed E-state index contributed by atoms with van der Waals surface area (Å²) in [5.74, 6) is -8.34. The molecule has 0 spiro atoms. The Labute approximate surface area is 63.9 Å². The quantitative estimate of drug-likeness (QED) is 0.312. The molecule has 6 heteroatoms. The molecule has 0 aliphatic rings. The van der Waals surface area contributed by atoms with Gasteiger partial charge in [-0.3, -0.25) is 0 Å². The highest BCUT2D eigenvalue weighted by Gasteiger charge is 2.20. The normalized spacial score (nSPS) is 10.1. The van der Waals surface area contributed by atoms with Crippen molar-refractivity contribution in [2.45, 2.75) is 0 Å². The third-order valence-corrected chi connectivity index (χ3v) is 1.16. The molecule has 2 nitrogen and oxygen atoms in total. The molecule has 1 aromatic carbocycles. The molecular formula is C6H2F4O2. The molecule has 0 aromatic heterocycles. The van der Waals surface area contributed by atoms with E-state index in [1.807, 2.05) is 0 Å². The van der Waals surface area contributed by atoms with Crippen molar-refractivity contribution < 1.29 is 27.7 Å². The molecule has 0 heterocycles. The van der Waals surface area contributed by atoms with E-state index < -0.39 is 29.0 Å². The molecule has 0 fully saturated rings. The highest BCUT2D eigenvalue weighted by Crippen LogP contribution is 2.25. The van der Waals surface area contributed by atoms with Gasteiger partial charge in [0.2, 0.25) is 17.4 Å². The Balaban J connectivity index is 3.42. The summed E-state index contributed by atoms with van der Waals surface area (Å²) in [7, 11) is 0. The van der Waals surface area contributed by atoms with Gasteiger partial charge in [-0.15, -0.1) is 0 Å². The molecule has 1 N–H and O–H groups in total. The second kappa shape index (κ2) is 2.98. The molecule has 66 valence electrons. The molecule has 0 atom stereocenters. The lowest BCUT2D eigenvalue weighted by atomic mass is 10.3. The van der Waals surface area contributed by atoms with Crippen molar-refractivity contribution >= 4 is 0 Å². The van der Waals surface area contributed by atoms with Crippen LogP contribution in [0.4, 0.5) is 17.6 Å². The molecule has 0 amide bonds. The lowest BCUT2D eigenvalue weighted by Crippen LogP contribution is -1.99. The van der Waals surface area contributed by atoms with E-state index in [1.165, 1.54) is 0 Å². The minimum absolute atomic E-state index is 0.00713. The summed E-state index contributed by atoms with van der Waals surface area (Å²) >= 11 is 0. The largest absolute Gasteiger partial charge is 0.334 e. The fraction of sp³-hybridized carbons (Fsp3) is 0. The molecule has 0 aliphatic carbocycles. The van der Waals surface area contributed by atoms with E-state index in [-0.39, 0.29) is 6.07 Å². The number of halogens is 4. The summed E-state index contributed by atoms with van der Waals surface area (Å²) in [6.45, 7) is 0. The molecule has 0 saturated heterocycles. The van der Waals surface area contributed by atoms with Crippen molar-refractivity contribution in [3.8, 4) is 5.75 Å². The maximum Gasteiger partial charge on any atom is 0.242 e. The molecular weight excluding hydrogens is 180 g/mol. The van der Waals surface area contributed by atoms with Gasteiger partial charge >= 0.3 is 0 Å². The van der Waals surface area contributed by atoms with Gasteiger partial charge in [-0.25, -0.2) is 14.0 Å². The molecule has 0 unspecified atom stereocenters. The van der Waals surface area contributed by atoms with E-state index >= 15 is 0 Å². The molecule has 1 rings (SSSR count). The van der Waals surface area contributed by atoms with E-state index in [0.717, 1.165) is 0 Å². The van der Waals surface area contributed by atoms with Crippen molar-refractivity contribution in [1.29, 1.82) is 0 Å². The zero-order valence-corrected chi connectivity index (χ0v) is 5.44. The van der Waals surface area contributed by atoms with Crippen LogP contribution in [0.5, 0.6) is 5.75 Å². The Bertz CT molecular complexity index is 287. The topological polar surface area (TPSA) is 29.5 Å². The standard InChI is InChI=1S/C6H2F4O2/c7-2-1-3(8)5(10)6(12-11)4(2)9/h1,11H. The monoisotopic (exact) mass is 182 g/mol.